The van der Waals surface area contributed by atoms with E-state index in [-0.39, 0.29) is 6.61 Å². The first-order chi connectivity index (χ1) is 10.1. The number of hydrogen-bond acceptors (Lipinski definition) is 5. The van der Waals surface area contributed by atoms with E-state index in [1.54, 1.807) is 12.1 Å². The molecule has 106 valence electrons. The van der Waals surface area contributed by atoms with Crippen LogP contribution in [0.5, 0.6) is 0 Å². The minimum absolute atomic E-state index is 0.139. The molecule has 1 heterocycles. The number of nitrogens with two attached hydrogens (primary N) is 1. The van der Waals surface area contributed by atoms with Crippen LogP contribution in [-0.2, 0) is 11.3 Å². The minimum Gasteiger partial charge on any atom is -0.455 e. The van der Waals surface area contributed by atoms with Gasteiger partial charge in [-0.2, -0.15) is 0 Å². The lowest BCUT2D eigenvalue weighted by Crippen LogP contribution is -2.05. The van der Waals surface area contributed by atoms with Crippen molar-refractivity contribution in [2.24, 2.45) is 0 Å². The lowest BCUT2D eigenvalue weighted by Gasteiger charge is -2.04. The lowest BCUT2D eigenvalue weighted by molar-refractivity contribution is 0.0472. The number of nitrogen functional groups attached to an aromatic ring is 1. The Morgan fingerprint density at radius 3 is 2.86 bits per heavy atom. The van der Waals surface area contributed by atoms with Gasteiger partial charge in [-0.25, -0.2) is 9.78 Å². The number of rotatable bonds is 3. The number of para-hydroxylation sites is 1. The zero-order valence-corrected chi connectivity index (χ0v) is 12.4. The highest BCUT2D eigenvalue weighted by Gasteiger charge is 2.11. The molecule has 3 rings (SSSR count). The summed E-state index contributed by atoms with van der Waals surface area (Å²) in [5.41, 5.74) is 7.31. The van der Waals surface area contributed by atoms with Gasteiger partial charge in [0.1, 0.15) is 11.6 Å². The Balaban J connectivity index is 1.71. The molecule has 0 amide bonds. The molecule has 0 saturated heterocycles. The number of carbonyl (C=O) groups is 1. The Labute approximate surface area is 130 Å². The highest BCUT2D eigenvalue weighted by atomic mass is 35.5. The number of halogens is 1. The maximum atomic E-state index is 12.0. The van der Waals surface area contributed by atoms with Crippen molar-refractivity contribution in [3.05, 3.63) is 58.1 Å². The molecule has 0 unspecified atom stereocenters. The number of nitrogens with zero attached hydrogens (tertiary/aromatic N) is 1. The highest BCUT2D eigenvalue weighted by Crippen LogP contribution is 2.23. The number of esters is 1. The normalized spacial score (nSPS) is 10.7. The second kappa shape index (κ2) is 5.71. The van der Waals surface area contributed by atoms with Gasteiger partial charge in [0.05, 0.1) is 26.5 Å². The lowest BCUT2D eigenvalue weighted by atomic mass is 10.2. The number of thiazole rings is 1. The monoisotopic (exact) mass is 318 g/mol. The average Bonchev–Trinajstić information content (AvgIpc) is 2.90. The summed E-state index contributed by atoms with van der Waals surface area (Å²) < 4.78 is 6.32. The van der Waals surface area contributed by atoms with E-state index >= 15 is 0 Å². The number of aromatic nitrogens is 1. The predicted molar refractivity (Wildman–Crippen MR) is 84.6 cm³/mol. The largest absolute Gasteiger partial charge is 0.455 e. The second-order valence-corrected chi connectivity index (χ2v) is 5.91. The van der Waals surface area contributed by atoms with Crippen LogP contribution >= 0.6 is 22.9 Å². The van der Waals surface area contributed by atoms with Crippen LogP contribution in [0, 0.1) is 0 Å². The molecular formula is C15H11ClN2O2S. The van der Waals surface area contributed by atoms with Gasteiger partial charge in [-0.3, -0.25) is 0 Å². The van der Waals surface area contributed by atoms with Gasteiger partial charge < -0.3 is 10.5 Å². The van der Waals surface area contributed by atoms with Gasteiger partial charge in [0.2, 0.25) is 0 Å². The predicted octanol–water partition coefficient (Wildman–Crippen LogP) is 3.89. The van der Waals surface area contributed by atoms with Crippen molar-refractivity contribution in [3.8, 4) is 0 Å². The van der Waals surface area contributed by atoms with Crippen molar-refractivity contribution < 1.29 is 9.53 Å². The molecule has 0 radical (unpaired) electrons. The molecule has 0 fully saturated rings. The molecule has 0 atom stereocenters. The third-order valence-electron chi connectivity index (χ3n) is 2.90. The molecule has 0 bridgehead atoms. The van der Waals surface area contributed by atoms with Crippen LogP contribution < -0.4 is 5.73 Å². The van der Waals surface area contributed by atoms with Crippen molar-refractivity contribution >= 4 is 44.8 Å². The molecular weight excluding hydrogens is 308 g/mol. The summed E-state index contributed by atoms with van der Waals surface area (Å²) in [4.78, 5) is 16.4. The quantitative estimate of drug-likeness (QED) is 0.587. The summed E-state index contributed by atoms with van der Waals surface area (Å²) in [5, 5.41) is 1.09. The van der Waals surface area contributed by atoms with Crippen LogP contribution in [0.2, 0.25) is 5.02 Å². The SMILES string of the molecule is Nc1ccc(C(=O)OCc2nc3ccccc3s2)cc1Cl. The Kier molecular flexibility index (Phi) is 3.77. The van der Waals surface area contributed by atoms with E-state index in [4.69, 9.17) is 22.1 Å². The molecule has 1 aromatic heterocycles. The summed E-state index contributed by atoms with van der Waals surface area (Å²) in [6.45, 7) is 0.139. The van der Waals surface area contributed by atoms with Crippen molar-refractivity contribution in [2.45, 2.75) is 6.61 Å². The van der Waals surface area contributed by atoms with Crippen molar-refractivity contribution in [1.82, 2.24) is 4.98 Å². The van der Waals surface area contributed by atoms with Gasteiger partial charge in [-0.1, -0.05) is 23.7 Å². The van der Waals surface area contributed by atoms with Gasteiger partial charge in [-0.05, 0) is 30.3 Å². The maximum Gasteiger partial charge on any atom is 0.338 e. The minimum atomic E-state index is -0.448. The van der Waals surface area contributed by atoms with Crippen LogP contribution in [0.3, 0.4) is 0 Å². The van der Waals surface area contributed by atoms with E-state index in [0.29, 0.717) is 16.3 Å². The average molecular weight is 319 g/mol. The van der Waals surface area contributed by atoms with E-state index in [0.717, 1.165) is 15.2 Å². The maximum absolute atomic E-state index is 12.0. The number of benzene rings is 2. The van der Waals surface area contributed by atoms with Gasteiger partial charge in [0, 0.05) is 0 Å². The summed E-state index contributed by atoms with van der Waals surface area (Å²) in [7, 11) is 0. The van der Waals surface area contributed by atoms with Crippen molar-refractivity contribution in [1.29, 1.82) is 0 Å². The van der Waals surface area contributed by atoms with Crippen LogP contribution in [0.15, 0.2) is 42.5 Å². The fraction of sp³-hybridized carbons (Fsp3) is 0.0667. The Morgan fingerprint density at radius 2 is 2.10 bits per heavy atom. The molecule has 2 aromatic carbocycles. The summed E-state index contributed by atoms with van der Waals surface area (Å²) in [6.07, 6.45) is 0. The first-order valence-electron chi connectivity index (χ1n) is 6.20. The summed E-state index contributed by atoms with van der Waals surface area (Å²) in [6, 6.07) is 12.5. The number of carbonyl (C=O) groups excluding carboxylic acids is 1. The number of fused-ring (bicyclic) bond motifs is 1. The topological polar surface area (TPSA) is 65.2 Å². The molecule has 2 N–H and O–H groups in total. The smallest absolute Gasteiger partial charge is 0.338 e. The van der Waals surface area contributed by atoms with Gasteiger partial charge in [0.15, 0.2) is 0 Å². The summed E-state index contributed by atoms with van der Waals surface area (Å²) >= 11 is 7.39. The third-order valence-corrected chi connectivity index (χ3v) is 4.24. The Morgan fingerprint density at radius 1 is 1.29 bits per heavy atom. The van der Waals surface area contributed by atoms with E-state index in [9.17, 15) is 4.79 Å². The molecule has 0 spiro atoms. The Hall–Kier alpha value is -2.11. The van der Waals surface area contributed by atoms with Crippen LogP contribution in [0.1, 0.15) is 15.4 Å². The number of hydrogen-bond donors (Lipinski definition) is 1. The van der Waals surface area contributed by atoms with Crippen LogP contribution in [0.25, 0.3) is 10.2 Å². The zero-order valence-electron chi connectivity index (χ0n) is 10.9. The number of ether oxygens (including phenoxy) is 1. The number of anilines is 1. The first-order valence-corrected chi connectivity index (χ1v) is 7.39. The zero-order chi connectivity index (χ0) is 14.8. The highest BCUT2D eigenvalue weighted by molar-refractivity contribution is 7.18. The fourth-order valence-corrected chi connectivity index (χ4v) is 2.91. The Bertz CT molecular complexity index is 783. The van der Waals surface area contributed by atoms with Crippen LogP contribution in [-0.4, -0.2) is 11.0 Å². The van der Waals surface area contributed by atoms with Crippen molar-refractivity contribution in [3.63, 3.8) is 0 Å². The second-order valence-electron chi connectivity index (χ2n) is 4.39. The van der Waals surface area contributed by atoms with E-state index < -0.39 is 5.97 Å². The van der Waals surface area contributed by atoms with Crippen molar-refractivity contribution in [2.75, 3.05) is 5.73 Å². The molecule has 0 saturated carbocycles. The van der Waals surface area contributed by atoms with Crippen LogP contribution in [0.4, 0.5) is 5.69 Å². The summed E-state index contributed by atoms with van der Waals surface area (Å²) in [5.74, 6) is -0.448. The molecule has 0 aliphatic heterocycles. The van der Waals surface area contributed by atoms with Gasteiger partial charge >= 0.3 is 5.97 Å². The van der Waals surface area contributed by atoms with Gasteiger partial charge in [0.25, 0.3) is 0 Å². The molecule has 0 aliphatic rings. The van der Waals surface area contributed by atoms with Gasteiger partial charge in [-0.15, -0.1) is 11.3 Å². The molecule has 3 aromatic rings. The standard InChI is InChI=1S/C15H11ClN2O2S/c16-10-7-9(5-6-11(10)17)15(19)20-8-14-18-12-3-1-2-4-13(12)21-14/h1-7H,8,17H2. The molecule has 0 aliphatic carbocycles. The van der Waals surface area contributed by atoms with E-state index in [2.05, 4.69) is 4.98 Å². The first kappa shape index (κ1) is 13.9. The molecule has 21 heavy (non-hydrogen) atoms. The van der Waals surface area contributed by atoms with E-state index in [1.807, 2.05) is 24.3 Å². The molecule has 4 nitrogen and oxygen atoms in total. The fourth-order valence-electron chi connectivity index (χ4n) is 1.85. The van der Waals surface area contributed by atoms with E-state index in [1.165, 1.54) is 17.4 Å². The molecule has 6 heteroatoms. The third kappa shape index (κ3) is 2.99.